The van der Waals surface area contributed by atoms with Gasteiger partial charge in [0.25, 0.3) is 0 Å². The van der Waals surface area contributed by atoms with E-state index in [1.165, 1.54) is 22.3 Å². The van der Waals surface area contributed by atoms with Crippen molar-refractivity contribution in [2.45, 2.75) is 59.9 Å². The molecule has 0 aromatic heterocycles. The highest BCUT2D eigenvalue weighted by Gasteiger charge is 2.18. The van der Waals surface area contributed by atoms with E-state index in [-0.39, 0.29) is 6.04 Å². The van der Waals surface area contributed by atoms with E-state index in [2.05, 4.69) is 52.1 Å². The summed E-state index contributed by atoms with van der Waals surface area (Å²) in [5.74, 6) is 1.55. The number of hydrogen-bond acceptors (Lipinski definition) is 2. The van der Waals surface area contributed by atoms with Crippen LogP contribution in [0.25, 0.3) is 0 Å². The fourth-order valence-corrected chi connectivity index (χ4v) is 4.31. The van der Waals surface area contributed by atoms with E-state index in [0.717, 1.165) is 37.3 Å². The molecule has 0 saturated carbocycles. The van der Waals surface area contributed by atoms with Crippen LogP contribution in [0, 0.1) is 20.8 Å². The Hall–Kier alpha value is -0.670. The van der Waals surface area contributed by atoms with Gasteiger partial charge in [0.15, 0.2) is 0 Å². The summed E-state index contributed by atoms with van der Waals surface area (Å²) in [6.07, 6.45) is 3.27. The highest BCUT2D eigenvalue weighted by atomic mass is 32.2. The summed E-state index contributed by atoms with van der Waals surface area (Å²) in [5.41, 5.74) is 5.27. The van der Waals surface area contributed by atoms with Crippen molar-refractivity contribution < 1.29 is 4.21 Å². The van der Waals surface area contributed by atoms with E-state index in [4.69, 9.17) is 0 Å². The maximum absolute atomic E-state index is 12.3. The molecule has 0 fully saturated rings. The van der Waals surface area contributed by atoms with Crippen LogP contribution in [-0.4, -0.2) is 22.3 Å². The van der Waals surface area contributed by atoms with Gasteiger partial charge in [-0.15, -0.1) is 0 Å². The maximum Gasteiger partial charge on any atom is 0.0442 e. The smallest absolute Gasteiger partial charge is 0.0442 e. The molecule has 0 saturated heterocycles. The lowest BCUT2D eigenvalue weighted by Gasteiger charge is -2.23. The van der Waals surface area contributed by atoms with Gasteiger partial charge in [-0.25, -0.2) is 0 Å². The van der Waals surface area contributed by atoms with Crippen LogP contribution in [0.5, 0.6) is 0 Å². The van der Waals surface area contributed by atoms with Crippen molar-refractivity contribution in [3.63, 3.8) is 0 Å². The first-order valence-electron chi connectivity index (χ1n) is 8.15. The monoisotopic (exact) mass is 309 g/mol. The standard InChI is InChI=1S/C18H31NOS/c1-6-8-10-21(20)13-17(19-9-7-2)18-15(4)11-14(3)12-16(18)5/h11-12,17,19H,6-10,13H2,1-5H3. The summed E-state index contributed by atoms with van der Waals surface area (Å²) in [7, 11) is -0.738. The molecular weight excluding hydrogens is 278 g/mol. The molecule has 1 rings (SSSR count). The SMILES string of the molecule is CCCCS(=O)CC(NCCC)c1c(C)cc(C)cc1C. The minimum Gasteiger partial charge on any atom is -0.309 e. The van der Waals surface area contributed by atoms with Crippen molar-refractivity contribution >= 4 is 10.8 Å². The Morgan fingerprint density at radius 1 is 1.10 bits per heavy atom. The molecule has 1 N–H and O–H groups in total. The van der Waals surface area contributed by atoms with E-state index in [0.29, 0.717) is 0 Å². The summed E-state index contributed by atoms with van der Waals surface area (Å²) < 4.78 is 12.3. The van der Waals surface area contributed by atoms with Crippen LogP contribution in [0.1, 0.15) is 61.4 Å². The number of rotatable bonds is 9. The minimum atomic E-state index is -0.738. The molecule has 0 aliphatic heterocycles. The Balaban J connectivity index is 2.94. The van der Waals surface area contributed by atoms with Gasteiger partial charge in [-0.05, 0) is 56.8 Å². The number of hydrogen-bond donors (Lipinski definition) is 1. The molecule has 1 aromatic rings. The summed E-state index contributed by atoms with van der Waals surface area (Å²) in [6.45, 7) is 11.8. The number of aryl methyl sites for hydroxylation is 3. The zero-order valence-corrected chi connectivity index (χ0v) is 15.1. The molecule has 0 aliphatic carbocycles. The van der Waals surface area contributed by atoms with E-state index in [9.17, 15) is 4.21 Å². The minimum absolute atomic E-state index is 0.211. The quantitative estimate of drug-likeness (QED) is 0.740. The van der Waals surface area contributed by atoms with Gasteiger partial charge in [0.05, 0.1) is 0 Å². The van der Waals surface area contributed by atoms with E-state index < -0.39 is 10.8 Å². The Labute approximate surface area is 133 Å². The summed E-state index contributed by atoms with van der Waals surface area (Å²) >= 11 is 0. The molecule has 0 heterocycles. The van der Waals surface area contributed by atoms with Gasteiger partial charge < -0.3 is 5.32 Å². The molecule has 2 nitrogen and oxygen atoms in total. The third-order valence-electron chi connectivity index (χ3n) is 3.81. The van der Waals surface area contributed by atoms with Crippen molar-refractivity contribution in [2.75, 3.05) is 18.1 Å². The van der Waals surface area contributed by atoms with Gasteiger partial charge in [0.2, 0.25) is 0 Å². The van der Waals surface area contributed by atoms with Gasteiger partial charge in [-0.3, -0.25) is 4.21 Å². The average molecular weight is 310 g/mol. The summed E-state index contributed by atoms with van der Waals surface area (Å²) in [6, 6.07) is 4.68. The second-order valence-corrected chi connectivity index (χ2v) is 7.60. The molecule has 0 aliphatic rings. The first kappa shape index (κ1) is 18.4. The second-order valence-electron chi connectivity index (χ2n) is 5.98. The Morgan fingerprint density at radius 3 is 2.24 bits per heavy atom. The van der Waals surface area contributed by atoms with E-state index in [1.807, 2.05) is 0 Å². The normalized spacial score (nSPS) is 14.1. The van der Waals surface area contributed by atoms with Crippen LogP contribution in [0.3, 0.4) is 0 Å². The fraction of sp³-hybridized carbons (Fsp3) is 0.667. The van der Waals surface area contributed by atoms with Crippen LogP contribution in [0.15, 0.2) is 12.1 Å². The van der Waals surface area contributed by atoms with Gasteiger partial charge in [-0.1, -0.05) is 38.0 Å². The van der Waals surface area contributed by atoms with Crippen LogP contribution in [-0.2, 0) is 10.8 Å². The van der Waals surface area contributed by atoms with Crippen LogP contribution < -0.4 is 5.32 Å². The third kappa shape index (κ3) is 5.91. The van der Waals surface area contributed by atoms with Crippen molar-refractivity contribution in [2.24, 2.45) is 0 Å². The molecule has 120 valence electrons. The van der Waals surface area contributed by atoms with Gasteiger partial charge in [0.1, 0.15) is 0 Å². The molecule has 1 aromatic carbocycles. The number of unbranched alkanes of at least 4 members (excludes halogenated alkanes) is 1. The largest absolute Gasteiger partial charge is 0.309 e. The van der Waals surface area contributed by atoms with Gasteiger partial charge >= 0.3 is 0 Å². The molecule has 0 spiro atoms. The van der Waals surface area contributed by atoms with Crippen molar-refractivity contribution in [1.29, 1.82) is 0 Å². The molecule has 0 bridgehead atoms. The van der Waals surface area contributed by atoms with Crippen molar-refractivity contribution in [1.82, 2.24) is 5.32 Å². The predicted octanol–water partition coefficient (Wildman–Crippen LogP) is 4.20. The van der Waals surface area contributed by atoms with E-state index >= 15 is 0 Å². The molecule has 2 atom stereocenters. The predicted molar refractivity (Wildman–Crippen MR) is 94.5 cm³/mol. The topological polar surface area (TPSA) is 29.1 Å². The highest BCUT2D eigenvalue weighted by Crippen LogP contribution is 2.24. The third-order valence-corrected chi connectivity index (χ3v) is 5.25. The molecule has 0 radical (unpaired) electrons. The van der Waals surface area contributed by atoms with Gasteiger partial charge in [0, 0.05) is 28.3 Å². The molecule has 21 heavy (non-hydrogen) atoms. The van der Waals surface area contributed by atoms with Crippen molar-refractivity contribution in [3.05, 3.63) is 34.4 Å². The first-order chi connectivity index (χ1) is 9.99. The zero-order valence-electron chi connectivity index (χ0n) is 14.3. The van der Waals surface area contributed by atoms with Crippen molar-refractivity contribution in [3.8, 4) is 0 Å². The Bertz CT molecular complexity index is 447. The lowest BCUT2D eigenvalue weighted by atomic mass is 9.95. The Kier molecular flexibility index (Phi) is 8.20. The molecule has 2 unspecified atom stereocenters. The highest BCUT2D eigenvalue weighted by molar-refractivity contribution is 7.85. The van der Waals surface area contributed by atoms with Gasteiger partial charge in [-0.2, -0.15) is 0 Å². The first-order valence-corrected chi connectivity index (χ1v) is 9.64. The zero-order chi connectivity index (χ0) is 15.8. The molecule has 0 amide bonds. The lowest BCUT2D eigenvalue weighted by Crippen LogP contribution is -2.29. The number of nitrogens with one attached hydrogen (secondary N) is 1. The average Bonchev–Trinajstić information content (AvgIpc) is 2.41. The van der Waals surface area contributed by atoms with Crippen LogP contribution in [0.2, 0.25) is 0 Å². The van der Waals surface area contributed by atoms with Crippen LogP contribution >= 0.6 is 0 Å². The maximum atomic E-state index is 12.3. The second kappa shape index (κ2) is 9.37. The lowest BCUT2D eigenvalue weighted by molar-refractivity contribution is 0.564. The Morgan fingerprint density at radius 2 is 1.71 bits per heavy atom. The summed E-state index contributed by atoms with van der Waals surface area (Å²) in [5, 5.41) is 3.60. The summed E-state index contributed by atoms with van der Waals surface area (Å²) in [4.78, 5) is 0. The van der Waals surface area contributed by atoms with Crippen LogP contribution in [0.4, 0.5) is 0 Å². The molecular formula is C18H31NOS. The molecule has 3 heteroatoms. The number of benzene rings is 1. The fourth-order valence-electron chi connectivity index (χ4n) is 2.88. The van der Waals surface area contributed by atoms with E-state index in [1.54, 1.807) is 0 Å².